The second-order valence-electron chi connectivity index (χ2n) is 6.06. The van der Waals surface area contributed by atoms with Crippen LogP contribution in [0, 0.1) is 0 Å². The van der Waals surface area contributed by atoms with E-state index in [0.717, 1.165) is 5.56 Å². The lowest BCUT2D eigenvalue weighted by atomic mass is 10.00. The Bertz CT molecular complexity index is 1050. The highest BCUT2D eigenvalue weighted by molar-refractivity contribution is 6.30. The minimum atomic E-state index is -0.361. The molecule has 0 aliphatic rings. The Labute approximate surface area is 149 Å². The Hall–Kier alpha value is -2.53. The van der Waals surface area contributed by atoms with Crippen LogP contribution in [-0.4, -0.2) is 14.2 Å². The first-order valence-corrected chi connectivity index (χ1v) is 8.50. The lowest BCUT2D eigenvalue weighted by Gasteiger charge is -2.14. The van der Waals surface area contributed by atoms with E-state index < -0.39 is 0 Å². The van der Waals surface area contributed by atoms with Crippen LogP contribution in [0.4, 0.5) is 0 Å². The molecule has 5 nitrogen and oxygen atoms in total. The van der Waals surface area contributed by atoms with E-state index >= 15 is 0 Å². The molecule has 130 valence electrons. The predicted molar refractivity (Wildman–Crippen MR) is 99.7 cm³/mol. The molecule has 0 atom stereocenters. The van der Waals surface area contributed by atoms with Gasteiger partial charge < -0.3 is 5.11 Å². The third kappa shape index (κ3) is 3.07. The molecule has 0 saturated heterocycles. The van der Waals surface area contributed by atoms with Crippen molar-refractivity contribution in [2.45, 2.75) is 26.3 Å². The molecule has 1 N–H and O–H groups in total. The summed E-state index contributed by atoms with van der Waals surface area (Å²) in [5, 5.41) is 11.4. The van der Waals surface area contributed by atoms with Crippen LogP contribution < -0.4 is 11.2 Å². The van der Waals surface area contributed by atoms with Gasteiger partial charge in [0.15, 0.2) is 0 Å². The second-order valence-corrected chi connectivity index (χ2v) is 6.50. The molecular formula is C19H19ClN2O3. The van der Waals surface area contributed by atoms with Crippen molar-refractivity contribution in [3.63, 3.8) is 0 Å². The average Bonchev–Trinajstić information content (AvgIpc) is 2.60. The van der Waals surface area contributed by atoms with Crippen molar-refractivity contribution in [2.24, 2.45) is 7.05 Å². The third-order valence-electron chi connectivity index (χ3n) is 4.35. The Morgan fingerprint density at radius 2 is 1.76 bits per heavy atom. The number of hydrogen-bond acceptors (Lipinski definition) is 3. The summed E-state index contributed by atoms with van der Waals surface area (Å²) in [5.41, 5.74) is 1.25. The van der Waals surface area contributed by atoms with E-state index in [0.29, 0.717) is 40.9 Å². The molecule has 3 aromatic rings. The highest BCUT2D eigenvalue weighted by atomic mass is 35.5. The Kier molecular flexibility index (Phi) is 4.68. The van der Waals surface area contributed by atoms with Gasteiger partial charge in [0.25, 0.3) is 5.56 Å². The first kappa shape index (κ1) is 17.3. The van der Waals surface area contributed by atoms with E-state index in [1.807, 2.05) is 19.1 Å². The van der Waals surface area contributed by atoms with Crippen LogP contribution in [0.5, 0.6) is 5.75 Å². The van der Waals surface area contributed by atoms with Gasteiger partial charge in [-0.2, -0.15) is 0 Å². The molecule has 0 amide bonds. The minimum absolute atomic E-state index is 0.0428. The minimum Gasteiger partial charge on any atom is -0.508 e. The first-order chi connectivity index (χ1) is 11.9. The van der Waals surface area contributed by atoms with Gasteiger partial charge in [-0.3, -0.25) is 13.9 Å². The highest BCUT2D eigenvalue weighted by Gasteiger charge is 2.17. The van der Waals surface area contributed by atoms with E-state index in [4.69, 9.17) is 11.6 Å². The van der Waals surface area contributed by atoms with E-state index in [2.05, 4.69) is 0 Å². The molecule has 0 spiro atoms. The number of phenolic OH excluding ortho intramolecular Hbond substituents is 1. The molecule has 0 aliphatic carbocycles. The molecule has 0 saturated carbocycles. The Morgan fingerprint density at radius 1 is 1.08 bits per heavy atom. The van der Waals surface area contributed by atoms with Gasteiger partial charge in [0.05, 0.1) is 10.9 Å². The zero-order valence-electron chi connectivity index (χ0n) is 14.1. The van der Waals surface area contributed by atoms with Crippen LogP contribution in [0.15, 0.2) is 46.0 Å². The number of nitrogens with zero attached hydrogens (tertiary/aromatic N) is 2. The summed E-state index contributed by atoms with van der Waals surface area (Å²) >= 11 is 5.92. The van der Waals surface area contributed by atoms with E-state index in [9.17, 15) is 14.7 Å². The lowest BCUT2D eigenvalue weighted by Crippen LogP contribution is -2.39. The van der Waals surface area contributed by atoms with Crippen LogP contribution in [0.25, 0.3) is 10.9 Å². The number of phenols is 1. The number of halogens is 1. The summed E-state index contributed by atoms with van der Waals surface area (Å²) < 4.78 is 2.68. The number of hydrogen-bond donors (Lipinski definition) is 1. The molecule has 0 fully saturated rings. The molecule has 1 heterocycles. The largest absolute Gasteiger partial charge is 0.508 e. The summed E-state index contributed by atoms with van der Waals surface area (Å²) in [6.45, 7) is 2.25. The van der Waals surface area contributed by atoms with Crippen LogP contribution in [0.1, 0.15) is 24.5 Å². The number of aromatic hydroxyl groups is 1. The number of aryl methyl sites for hydroxylation is 1. The second kappa shape index (κ2) is 6.76. The quantitative estimate of drug-likeness (QED) is 0.779. The molecule has 2 aromatic carbocycles. The number of fused-ring (bicyclic) bond motifs is 1. The molecule has 0 aliphatic heterocycles. The van der Waals surface area contributed by atoms with Gasteiger partial charge in [0.1, 0.15) is 5.75 Å². The van der Waals surface area contributed by atoms with Crippen molar-refractivity contribution in [3.8, 4) is 5.75 Å². The van der Waals surface area contributed by atoms with Gasteiger partial charge in [-0.05, 0) is 36.2 Å². The van der Waals surface area contributed by atoms with Gasteiger partial charge in [-0.1, -0.05) is 30.7 Å². The van der Waals surface area contributed by atoms with Crippen molar-refractivity contribution < 1.29 is 5.11 Å². The lowest BCUT2D eigenvalue weighted by molar-refractivity contribution is 0.470. The highest BCUT2D eigenvalue weighted by Crippen LogP contribution is 2.27. The summed E-state index contributed by atoms with van der Waals surface area (Å²) in [5.74, 6) is 0.0428. The third-order valence-corrected chi connectivity index (χ3v) is 4.60. The topological polar surface area (TPSA) is 64.2 Å². The smallest absolute Gasteiger partial charge is 0.331 e. The molecule has 25 heavy (non-hydrogen) atoms. The fourth-order valence-electron chi connectivity index (χ4n) is 3.05. The molecule has 0 radical (unpaired) electrons. The standard InChI is InChI=1S/C19H19ClN2O3/c1-3-10-22-18(24)17-14(11-12-4-6-13(20)7-5-12)16(23)9-8-15(17)21(2)19(22)25/h4-9,23H,3,10-11H2,1-2H3. The van der Waals surface area contributed by atoms with E-state index in [1.54, 1.807) is 25.2 Å². The van der Waals surface area contributed by atoms with Crippen LogP contribution in [0.2, 0.25) is 5.02 Å². The maximum Gasteiger partial charge on any atom is 0.331 e. The normalized spacial score (nSPS) is 11.2. The van der Waals surface area contributed by atoms with Crippen molar-refractivity contribution in [3.05, 3.63) is 73.4 Å². The Balaban J connectivity index is 2.30. The molecule has 3 rings (SSSR count). The summed E-state index contributed by atoms with van der Waals surface area (Å²) in [6, 6.07) is 10.4. The van der Waals surface area contributed by atoms with E-state index in [1.165, 1.54) is 15.2 Å². The number of benzene rings is 2. The van der Waals surface area contributed by atoms with Crippen LogP contribution in [0.3, 0.4) is 0 Å². The summed E-state index contributed by atoms with van der Waals surface area (Å²) in [7, 11) is 1.64. The van der Waals surface area contributed by atoms with E-state index in [-0.39, 0.29) is 17.0 Å². The average molecular weight is 359 g/mol. The van der Waals surface area contributed by atoms with Gasteiger partial charge in [-0.25, -0.2) is 4.79 Å². The van der Waals surface area contributed by atoms with Crippen molar-refractivity contribution in [2.75, 3.05) is 0 Å². The molecule has 0 unspecified atom stereocenters. The van der Waals surface area contributed by atoms with Crippen molar-refractivity contribution >= 4 is 22.5 Å². The molecule has 0 bridgehead atoms. The Morgan fingerprint density at radius 3 is 2.40 bits per heavy atom. The number of aromatic nitrogens is 2. The van der Waals surface area contributed by atoms with Gasteiger partial charge >= 0.3 is 5.69 Å². The fraction of sp³-hybridized carbons (Fsp3) is 0.263. The summed E-state index contributed by atoms with van der Waals surface area (Å²) in [6.07, 6.45) is 1.05. The zero-order chi connectivity index (χ0) is 18.1. The maximum atomic E-state index is 12.9. The zero-order valence-corrected chi connectivity index (χ0v) is 14.9. The van der Waals surface area contributed by atoms with Gasteiger partial charge in [0.2, 0.25) is 0 Å². The fourth-order valence-corrected chi connectivity index (χ4v) is 3.18. The van der Waals surface area contributed by atoms with Crippen molar-refractivity contribution in [1.29, 1.82) is 0 Å². The SMILES string of the molecule is CCCn1c(=O)c2c(Cc3ccc(Cl)cc3)c(O)ccc2n(C)c1=O. The number of rotatable bonds is 4. The summed E-state index contributed by atoms with van der Waals surface area (Å²) in [4.78, 5) is 25.4. The molecule has 1 aromatic heterocycles. The molecule has 6 heteroatoms. The van der Waals surface area contributed by atoms with Crippen LogP contribution in [-0.2, 0) is 20.0 Å². The molecular weight excluding hydrogens is 340 g/mol. The van der Waals surface area contributed by atoms with Crippen molar-refractivity contribution in [1.82, 2.24) is 9.13 Å². The van der Waals surface area contributed by atoms with Gasteiger partial charge in [-0.15, -0.1) is 0 Å². The monoisotopic (exact) mass is 358 g/mol. The first-order valence-electron chi connectivity index (χ1n) is 8.12. The van der Waals surface area contributed by atoms with Crippen LogP contribution >= 0.6 is 11.6 Å². The predicted octanol–water partition coefficient (Wildman–Crippen LogP) is 3.06. The maximum absolute atomic E-state index is 12.9. The van der Waals surface area contributed by atoms with Gasteiger partial charge in [0, 0.05) is 30.6 Å².